The van der Waals surface area contributed by atoms with Crippen LogP contribution in [0.5, 0.6) is 0 Å². The van der Waals surface area contributed by atoms with E-state index in [1.54, 1.807) is 22.6 Å². The fourth-order valence-corrected chi connectivity index (χ4v) is 1.93. The molecule has 0 amide bonds. The number of hydrogen-bond donors (Lipinski definition) is 0. The molecule has 0 bridgehead atoms. The van der Waals surface area contributed by atoms with Crippen molar-refractivity contribution in [3.63, 3.8) is 0 Å². The van der Waals surface area contributed by atoms with Gasteiger partial charge < -0.3 is 4.52 Å². The zero-order valence-corrected chi connectivity index (χ0v) is 11.7. The average Bonchev–Trinajstić information content (AvgIpc) is 2.63. The molecular formula is C9H3BrF3IN2O. The topological polar surface area (TPSA) is 38.9 Å². The van der Waals surface area contributed by atoms with Gasteiger partial charge in [0.05, 0.1) is 11.1 Å². The van der Waals surface area contributed by atoms with Gasteiger partial charge in [-0.2, -0.15) is 18.2 Å². The predicted molar refractivity (Wildman–Crippen MR) is 65.2 cm³/mol. The Hall–Kier alpha value is -0.640. The van der Waals surface area contributed by atoms with E-state index in [0.717, 1.165) is 6.07 Å². The van der Waals surface area contributed by atoms with Gasteiger partial charge in [-0.15, -0.1) is 0 Å². The third-order valence-electron chi connectivity index (χ3n) is 1.92. The fourth-order valence-electron chi connectivity index (χ4n) is 1.25. The summed E-state index contributed by atoms with van der Waals surface area (Å²) in [6.07, 6.45) is -4.47. The molecule has 2 aromatic rings. The molecule has 17 heavy (non-hydrogen) atoms. The molecule has 90 valence electrons. The minimum atomic E-state index is -4.47. The highest BCUT2D eigenvalue weighted by Crippen LogP contribution is 2.38. The van der Waals surface area contributed by atoms with Gasteiger partial charge >= 0.3 is 6.18 Å². The molecule has 0 aliphatic heterocycles. The van der Waals surface area contributed by atoms with Crippen molar-refractivity contribution in [3.05, 3.63) is 32.1 Å². The molecular weight excluding hydrogens is 416 g/mol. The lowest BCUT2D eigenvalue weighted by atomic mass is 10.1. The Kier molecular flexibility index (Phi) is 3.43. The number of hydrogen-bond acceptors (Lipinski definition) is 3. The van der Waals surface area contributed by atoms with E-state index in [4.69, 9.17) is 4.52 Å². The van der Waals surface area contributed by atoms with E-state index in [2.05, 4.69) is 26.1 Å². The van der Waals surface area contributed by atoms with Crippen molar-refractivity contribution in [2.24, 2.45) is 0 Å². The van der Waals surface area contributed by atoms with Gasteiger partial charge in [-0.25, -0.2) is 0 Å². The molecule has 0 spiro atoms. The van der Waals surface area contributed by atoms with Crippen molar-refractivity contribution in [2.45, 2.75) is 6.18 Å². The van der Waals surface area contributed by atoms with Crippen molar-refractivity contribution in [3.8, 4) is 11.5 Å². The number of aromatic nitrogens is 2. The van der Waals surface area contributed by atoms with E-state index < -0.39 is 11.7 Å². The summed E-state index contributed by atoms with van der Waals surface area (Å²) in [7, 11) is 0. The van der Waals surface area contributed by atoms with Gasteiger partial charge in [-0.05, 0) is 18.2 Å². The number of alkyl halides is 3. The van der Waals surface area contributed by atoms with Crippen LogP contribution in [0.2, 0.25) is 0 Å². The first-order valence-corrected chi connectivity index (χ1v) is 6.11. The molecule has 0 fully saturated rings. The second-order valence-corrected chi connectivity index (χ2v) is 4.94. The van der Waals surface area contributed by atoms with Gasteiger partial charge in [0.1, 0.15) is 0 Å². The molecule has 8 heteroatoms. The monoisotopic (exact) mass is 418 g/mol. The maximum Gasteiger partial charge on any atom is 0.417 e. The Morgan fingerprint density at radius 2 is 2.00 bits per heavy atom. The van der Waals surface area contributed by atoms with Gasteiger partial charge in [0, 0.05) is 27.1 Å². The third-order valence-corrected chi connectivity index (χ3v) is 2.85. The van der Waals surface area contributed by atoms with Gasteiger partial charge in [0.25, 0.3) is 5.89 Å². The van der Waals surface area contributed by atoms with Crippen LogP contribution in [0.4, 0.5) is 13.2 Å². The molecule has 0 radical (unpaired) electrons. The van der Waals surface area contributed by atoms with E-state index in [0.29, 0.717) is 4.47 Å². The fraction of sp³-hybridized carbons (Fsp3) is 0.111. The minimum Gasteiger partial charge on any atom is -0.333 e. The van der Waals surface area contributed by atoms with Gasteiger partial charge in [0.2, 0.25) is 3.83 Å². The van der Waals surface area contributed by atoms with Crippen LogP contribution in [0.1, 0.15) is 5.56 Å². The van der Waals surface area contributed by atoms with Crippen molar-refractivity contribution >= 4 is 38.5 Å². The summed E-state index contributed by atoms with van der Waals surface area (Å²) in [6, 6.07) is 3.75. The van der Waals surface area contributed by atoms with Gasteiger partial charge in [0.15, 0.2) is 0 Å². The summed E-state index contributed by atoms with van der Waals surface area (Å²) in [5.74, 6) is -0.144. The lowest BCUT2D eigenvalue weighted by Crippen LogP contribution is -2.07. The summed E-state index contributed by atoms with van der Waals surface area (Å²) < 4.78 is 43.8. The van der Waals surface area contributed by atoms with Crippen molar-refractivity contribution in [2.75, 3.05) is 0 Å². The largest absolute Gasteiger partial charge is 0.417 e. The summed E-state index contributed by atoms with van der Waals surface area (Å²) in [6.45, 7) is 0. The predicted octanol–water partition coefficient (Wildman–Crippen LogP) is 4.12. The van der Waals surface area contributed by atoms with Gasteiger partial charge in [-0.3, -0.25) is 0 Å². The maximum atomic E-state index is 12.8. The highest BCUT2D eigenvalue weighted by molar-refractivity contribution is 14.1. The molecule has 3 nitrogen and oxygen atoms in total. The number of halogens is 5. The Morgan fingerprint density at radius 1 is 1.29 bits per heavy atom. The van der Waals surface area contributed by atoms with Crippen LogP contribution in [0.15, 0.2) is 27.2 Å². The third kappa shape index (κ3) is 2.79. The molecule has 0 atom stereocenters. The zero-order chi connectivity index (χ0) is 12.6. The highest BCUT2D eigenvalue weighted by atomic mass is 127. The molecule has 2 rings (SSSR count). The van der Waals surface area contributed by atoms with Crippen molar-refractivity contribution in [1.82, 2.24) is 10.1 Å². The normalized spacial score (nSPS) is 11.8. The van der Waals surface area contributed by atoms with E-state index in [1.165, 1.54) is 12.1 Å². The standard InChI is InChI=1S/C9H3BrF3IN2O/c10-4-1-2-5(6(3-4)9(11,12)13)7-15-8(14)16-17-7/h1-3H. The number of nitrogens with zero attached hydrogens (tertiary/aromatic N) is 2. The molecule has 0 saturated carbocycles. The minimum absolute atomic E-state index is 0.129. The summed E-state index contributed by atoms with van der Waals surface area (Å²) in [5, 5.41) is 3.46. The van der Waals surface area contributed by atoms with Crippen molar-refractivity contribution in [1.29, 1.82) is 0 Å². The lowest BCUT2D eigenvalue weighted by molar-refractivity contribution is -0.137. The van der Waals surface area contributed by atoms with E-state index in [9.17, 15) is 13.2 Å². The first kappa shape index (κ1) is 12.8. The van der Waals surface area contributed by atoms with E-state index in [-0.39, 0.29) is 15.3 Å². The smallest absolute Gasteiger partial charge is 0.333 e. The van der Waals surface area contributed by atoms with Crippen LogP contribution in [0, 0.1) is 3.83 Å². The lowest BCUT2D eigenvalue weighted by Gasteiger charge is -2.10. The number of rotatable bonds is 1. The highest BCUT2D eigenvalue weighted by Gasteiger charge is 2.35. The molecule has 0 N–H and O–H groups in total. The van der Waals surface area contributed by atoms with Crippen molar-refractivity contribution < 1.29 is 17.7 Å². The second-order valence-electron chi connectivity index (χ2n) is 3.06. The molecule has 0 saturated heterocycles. The Labute approximate surface area is 116 Å². The summed E-state index contributed by atoms with van der Waals surface area (Å²) >= 11 is 4.76. The van der Waals surface area contributed by atoms with Crippen LogP contribution < -0.4 is 0 Å². The Balaban J connectivity index is 2.61. The van der Waals surface area contributed by atoms with E-state index in [1.807, 2.05) is 0 Å². The Morgan fingerprint density at radius 3 is 2.53 bits per heavy atom. The average molecular weight is 419 g/mol. The van der Waals surface area contributed by atoms with E-state index >= 15 is 0 Å². The van der Waals surface area contributed by atoms with Gasteiger partial charge in [-0.1, -0.05) is 21.1 Å². The first-order valence-electron chi connectivity index (χ1n) is 4.24. The summed E-state index contributed by atoms with van der Waals surface area (Å²) in [4.78, 5) is 3.78. The first-order chi connectivity index (χ1) is 7.88. The molecule has 1 heterocycles. The van der Waals surface area contributed by atoms with Crippen LogP contribution in [0.3, 0.4) is 0 Å². The molecule has 1 aromatic heterocycles. The van der Waals surface area contributed by atoms with Crippen LogP contribution in [-0.4, -0.2) is 10.1 Å². The van der Waals surface area contributed by atoms with Crippen LogP contribution in [-0.2, 0) is 6.18 Å². The molecule has 1 aromatic carbocycles. The Bertz CT molecular complexity index is 555. The molecule has 0 aliphatic rings. The maximum absolute atomic E-state index is 12.8. The summed E-state index contributed by atoms with van der Waals surface area (Å²) in [5.41, 5.74) is -0.942. The quantitative estimate of drug-likeness (QED) is 0.654. The second kappa shape index (κ2) is 4.56. The van der Waals surface area contributed by atoms with Crippen LogP contribution >= 0.6 is 38.5 Å². The zero-order valence-electron chi connectivity index (χ0n) is 7.92. The molecule has 0 unspecified atom stereocenters. The molecule has 0 aliphatic carbocycles. The number of benzene rings is 1. The van der Waals surface area contributed by atoms with Crippen LogP contribution in [0.25, 0.3) is 11.5 Å². The SMILES string of the molecule is FC(F)(F)c1cc(Br)ccc1-c1nc(I)no1.